The number of benzene rings is 1. The molecule has 1 N–H and O–H groups in total. The third kappa shape index (κ3) is 4.53. The van der Waals surface area contributed by atoms with Gasteiger partial charge < -0.3 is 5.32 Å². The van der Waals surface area contributed by atoms with Crippen LogP contribution < -0.4 is 5.32 Å². The monoisotopic (exact) mass is 371 g/mol. The van der Waals surface area contributed by atoms with E-state index in [1.54, 1.807) is 12.1 Å². The first-order valence-electron chi connectivity index (χ1n) is 8.27. The molecule has 4 nitrogen and oxygen atoms in total. The number of aryl methyl sites for hydroxylation is 2. The Morgan fingerprint density at radius 1 is 1.32 bits per heavy atom. The lowest BCUT2D eigenvalue weighted by atomic mass is 9.95. The van der Waals surface area contributed by atoms with Gasteiger partial charge in [0.2, 0.25) is 5.91 Å². The molecule has 25 heavy (non-hydrogen) atoms. The highest BCUT2D eigenvalue weighted by Crippen LogP contribution is 2.28. The molecule has 0 spiro atoms. The van der Waals surface area contributed by atoms with E-state index in [2.05, 4.69) is 16.4 Å². The van der Waals surface area contributed by atoms with Gasteiger partial charge in [-0.15, -0.1) is 11.8 Å². The molecule has 0 saturated heterocycles. The summed E-state index contributed by atoms with van der Waals surface area (Å²) in [6.07, 6.45) is 4.62. The Bertz CT molecular complexity index is 832. The van der Waals surface area contributed by atoms with Crippen LogP contribution in [0.3, 0.4) is 0 Å². The van der Waals surface area contributed by atoms with E-state index in [1.807, 2.05) is 18.2 Å². The van der Waals surface area contributed by atoms with Crippen molar-refractivity contribution in [3.05, 3.63) is 52.2 Å². The second-order valence-electron chi connectivity index (χ2n) is 5.89. The summed E-state index contributed by atoms with van der Waals surface area (Å²) < 4.78 is 0. The number of hydrogen-bond acceptors (Lipinski definition) is 4. The number of thioether (sulfide) groups is 1. The molecule has 1 aromatic heterocycles. The largest absolute Gasteiger partial charge is 0.325 e. The van der Waals surface area contributed by atoms with Crippen LogP contribution in [-0.4, -0.2) is 16.6 Å². The standard InChI is InChI=1S/C19H18ClN3OS/c20-15-6-2-4-8-17(15)22-18(24)9-10-25-19-14(12-21)11-13-5-1-3-7-16(13)23-19/h2,4,6,8,11H,1,3,5,7,9-10H2,(H,22,24). The van der Waals surface area contributed by atoms with E-state index in [0.29, 0.717) is 28.4 Å². The Kier molecular flexibility index (Phi) is 5.95. The SMILES string of the molecule is N#Cc1cc2c(nc1SCCC(=O)Nc1ccccc1Cl)CCCC2. The van der Waals surface area contributed by atoms with Gasteiger partial charge in [0.1, 0.15) is 11.1 Å². The fourth-order valence-electron chi connectivity index (χ4n) is 2.82. The molecule has 0 unspecified atom stereocenters. The molecule has 1 aliphatic carbocycles. The zero-order valence-corrected chi connectivity index (χ0v) is 15.3. The molecule has 0 atom stereocenters. The molecule has 128 valence electrons. The van der Waals surface area contributed by atoms with Crippen molar-refractivity contribution in [2.75, 3.05) is 11.1 Å². The molecule has 0 aliphatic heterocycles. The minimum absolute atomic E-state index is 0.0999. The Morgan fingerprint density at radius 3 is 2.92 bits per heavy atom. The number of anilines is 1. The number of nitrogens with one attached hydrogen (secondary N) is 1. The highest BCUT2D eigenvalue weighted by Gasteiger charge is 2.16. The third-order valence-corrected chi connectivity index (χ3v) is 5.42. The fraction of sp³-hybridized carbons (Fsp3) is 0.316. The van der Waals surface area contributed by atoms with Crippen LogP contribution in [0, 0.1) is 11.3 Å². The van der Waals surface area contributed by atoms with Gasteiger partial charge in [-0.25, -0.2) is 4.98 Å². The summed E-state index contributed by atoms with van der Waals surface area (Å²) in [5, 5.41) is 13.4. The van der Waals surface area contributed by atoms with Crippen molar-refractivity contribution in [3.63, 3.8) is 0 Å². The van der Waals surface area contributed by atoms with Crippen LogP contribution in [0.1, 0.15) is 36.1 Å². The Morgan fingerprint density at radius 2 is 2.12 bits per heavy atom. The summed E-state index contributed by atoms with van der Waals surface area (Å²) in [4.78, 5) is 16.7. The van der Waals surface area contributed by atoms with Gasteiger partial charge in [0.15, 0.2) is 0 Å². The maximum atomic E-state index is 12.1. The molecule has 3 rings (SSSR count). The lowest BCUT2D eigenvalue weighted by Crippen LogP contribution is -2.12. The van der Waals surface area contributed by atoms with E-state index in [0.717, 1.165) is 36.4 Å². The number of amides is 1. The zero-order valence-electron chi connectivity index (χ0n) is 13.7. The van der Waals surface area contributed by atoms with Gasteiger partial charge in [-0.1, -0.05) is 23.7 Å². The van der Waals surface area contributed by atoms with Crippen molar-refractivity contribution in [1.82, 2.24) is 4.98 Å². The average molecular weight is 372 g/mol. The van der Waals surface area contributed by atoms with Crippen LogP contribution in [0.15, 0.2) is 35.4 Å². The van der Waals surface area contributed by atoms with Crippen molar-refractivity contribution in [1.29, 1.82) is 5.26 Å². The molecule has 0 radical (unpaired) electrons. The van der Waals surface area contributed by atoms with Gasteiger partial charge >= 0.3 is 0 Å². The number of hydrogen-bond donors (Lipinski definition) is 1. The van der Waals surface area contributed by atoms with Gasteiger partial charge in [0, 0.05) is 17.9 Å². The number of rotatable bonds is 5. The second kappa shape index (κ2) is 8.37. The number of fused-ring (bicyclic) bond motifs is 1. The number of pyridine rings is 1. The number of aromatic nitrogens is 1. The van der Waals surface area contributed by atoms with Crippen molar-refractivity contribution < 1.29 is 4.79 Å². The molecule has 1 aliphatic rings. The molecule has 1 aromatic carbocycles. The van der Waals surface area contributed by atoms with Gasteiger partial charge in [0.25, 0.3) is 0 Å². The summed E-state index contributed by atoms with van der Waals surface area (Å²) in [6.45, 7) is 0. The highest BCUT2D eigenvalue weighted by atomic mass is 35.5. The summed E-state index contributed by atoms with van der Waals surface area (Å²) in [5.74, 6) is 0.466. The number of carbonyl (C=O) groups is 1. The van der Waals surface area contributed by atoms with Crippen LogP contribution in [0.25, 0.3) is 0 Å². The van der Waals surface area contributed by atoms with Crippen molar-refractivity contribution in [3.8, 4) is 6.07 Å². The molecular formula is C19H18ClN3OS. The third-order valence-electron chi connectivity index (χ3n) is 4.10. The fourth-order valence-corrected chi connectivity index (χ4v) is 3.92. The molecule has 0 bridgehead atoms. The zero-order chi connectivity index (χ0) is 17.6. The van der Waals surface area contributed by atoms with Gasteiger partial charge in [0.05, 0.1) is 16.3 Å². The van der Waals surface area contributed by atoms with Crippen molar-refractivity contribution in [2.24, 2.45) is 0 Å². The van der Waals surface area contributed by atoms with Gasteiger partial charge in [-0.3, -0.25) is 4.79 Å². The lowest BCUT2D eigenvalue weighted by Gasteiger charge is -2.16. The smallest absolute Gasteiger partial charge is 0.225 e. The Balaban J connectivity index is 1.59. The van der Waals surface area contributed by atoms with E-state index in [9.17, 15) is 10.1 Å². The molecule has 1 heterocycles. The van der Waals surface area contributed by atoms with Crippen LogP contribution >= 0.6 is 23.4 Å². The van der Waals surface area contributed by atoms with Crippen molar-refractivity contribution in [2.45, 2.75) is 37.1 Å². The predicted octanol–water partition coefficient (Wildman–Crippen LogP) is 4.61. The summed E-state index contributed by atoms with van der Waals surface area (Å²) in [5.41, 5.74) is 3.53. The molecule has 0 fully saturated rings. The van der Waals surface area contributed by atoms with Gasteiger partial charge in [-0.2, -0.15) is 5.26 Å². The van der Waals surface area contributed by atoms with Gasteiger partial charge in [-0.05, 0) is 49.4 Å². The first-order valence-corrected chi connectivity index (χ1v) is 9.64. The summed E-state index contributed by atoms with van der Waals surface area (Å²) >= 11 is 7.50. The van der Waals surface area contributed by atoms with E-state index in [-0.39, 0.29) is 5.91 Å². The Hall–Kier alpha value is -2.03. The molecule has 0 saturated carbocycles. The summed E-state index contributed by atoms with van der Waals surface area (Å²) in [6, 6.07) is 11.3. The number of halogens is 1. The van der Waals surface area contributed by atoms with Crippen LogP contribution in [0.5, 0.6) is 0 Å². The first-order chi connectivity index (χ1) is 12.2. The topological polar surface area (TPSA) is 65.8 Å². The second-order valence-corrected chi connectivity index (χ2v) is 7.38. The molecule has 2 aromatic rings. The minimum Gasteiger partial charge on any atom is -0.325 e. The number of carbonyl (C=O) groups excluding carboxylic acids is 1. The van der Waals surface area contributed by atoms with Crippen LogP contribution in [-0.2, 0) is 17.6 Å². The van der Waals surface area contributed by atoms with Crippen LogP contribution in [0.2, 0.25) is 5.02 Å². The molecule has 1 amide bonds. The normalized spacial score (nSPS) is 13.0. The molecule has 6 heteroatoms. The minimum atomic E-state index is -0.0999. The van der Waals surface area contributed by atoms with Crippen LogP contribution in [0.4, 0.5) is 5.69 Å². The Labute approximate surface area is 156 Å². The average Bonchev–Trinajstić information content (AvgIpc) is 2.63. The van der Waals surface area contributed by atoms with E-state index >= 15 is 0 Å². The first kappa shape index (κ1) is 17.8. The maximum Gasteiger partial charge on any atom is 0.225 e. The van der Waals surface area contributed by atoms with E-state index in [4.69, 9.17) is 11.6 Å². The number of para-hydroxylation sites is 1. The summed E-state index contributed by atoms with van der Waals surface area (Å²) in [7, 11) is 0. The van der Waals surface area contributed by atoms with Crippen molar-refractivity contribution >= 4 is 35.0 Å². The lowest BCUT2D eigenvalue weighted by molar-refractivity contribution is -0.115. The predicted molar refractivity (Wildman–Crippen MR) is 101 cm³/mol. The quantitative estimate of drug-likeness (QED) is 0.779. The highest BCUT2D eigenvalue weighted by molar-refractivity contribution is 7.99. The van der Waals surface area contributed by atoms with E-state index < -0.39 is 0 Å². The maximum absolute atomic E-state index is 12.1. The number of nitrogens with zero attached hydrogens (tertiary/aromatic N) is 2. The number of nitriles is 1. The van der Waals surface area contributed by atoms with E-state index in [1.165, 1.54) is 17.3 Å². The molecular weight excluding hydrogens is 354 g/mol.